The molecule has 172 valence electrons. The van der Waals surface area contributed by atoms with E-state index in [1.807, 2.05) is 30.3 Å². The third kappa shape index (κ3) is 5.58. The van der Waals surface area contributed by atoms with Crippen molar-refractivity contribution in [2.75, 3.05) is 10.6 Å². The van der Waals surface area contributed by atoms with Gasteiger partial charge in [-0.3, -0.25) is 15.1 Å². The molecule has 0 unspecified atom stereocenters. The average molecular weight is 449 g/mol. The van der Waals surface area contributed by atoms with Gasteiger partial charge in [0.05, 0.1) is 11.9 Å². The molecule has 3 aromatic rings. The fourth-order valence-electron chi connectivity index (χ4n) is 3.99. The quantitative estimate of drug-likeness (QED) is 0.488. The van der Waals surface area contributed by atoms with Gasteiger partial charge < -0.3 is 14.6 Å². The Kier molecular flexibility index (Phi) is 7.02. The molecule has 1 aliphatic rings. The SMILES string of the molecule is Cc1noc(-c2ccc(NC(=O)C3CCCCC3)cn2)c1NC(=O)O[C@@H](C)c1ccccc1. The van der Waals surface area contributed by atoms with Crippen LogP contribution in [0, 0.1) is 12.8 Å². The Morgan fingerprint density at radius 1 is 1.06 bits per heavy atom. The van der Waals surface area contributed by atoms with Crippen LogP contribution in [0.1, 0.15) is 56.4 Å². The molecule has 1 aromatic carbocycles. The van der Waals surface area contributed by atoms with Crippen molar-refractivity contribution in [1.82, 2.24) is 10.1 Å². The van der Waals surface area contributed by atoms with Crippen molar-refractivity contribution in [3.8, 4) is 11.5 Å². The fraction of sp³-hybridized carbons (Fsp3) is 0.360. The topological polar surface area (TPSA) is 106 Å². The van der Waals surface area contributed by atoms with Crippen molar-refractivity contribution in [3.05, 3.63) is 59.9 Å². The molecule has 8 nitrogen and oxygen atoms in total. The van der Waals surface area contributed by atoms with Gasteiger partial charge in [0.1, 0.15) is 23.2 Å². The van der Waals surface area contributed by atoms with Crippen molar-refractivity contribution < 1.29 is 18.8 Å². The van der Waals surface area contributed by atoms with Gasteiger partial charge in [0, 0.05) is 5.92 Å². The molecule has 4 rings (SSSR count). The van der Waals surface area contributed by atoms with E-state index in [2.05, 4.69) is 20.8 Å². The van der Waals surface area contributed by atoms with E-state index in [1.54, 1.807) is 32.2 Å². The maximum Gasteiger partial charge on any atom is 0.412 e. The molecule has 2 amide bonds. The first-order valence-electron chi connectivity index (χ1n) is 11.3. The highest BCUT2D eigenvalue weighted by Gasteiger charge is 2.23. The molecular formula is C25H28N4O4. The predicted molar refractivity (Wildman–Crippen MR) is 125 cm³/mol. The molecule has 0 spiro atoms. The number of benzene rings is 1. The highest BCUT2D eigenvalue weighted by molar-refractivity contribution is 5.93. The zero-order valence-electron chi connectivity index (χ0n) is 18.8. The van der Waals surface area contributed by atoms with Gasteiger partial charge in [-0.2, -0.15) is 0 Å². The van der Waals surface area contributed by atoms with Crippen molar-refractivity contribution in [3.63, 3.8) is 0 Å². The van der Waals surface area contributed by atoms with E-state index in [0.29, 0.717) is 28.5 Å². The normalized spacial score (nSPS) is 15.0. The summed E-state index contributed by atoms with van der Waals surface area (Å²) in [6.45, 7) is 3.53. The minimum absolute atomic E-state index is 0.0393. The number of pyridine rings is 1. The minimum atomic E-state index is -0.615. The molecule has 1 aliphatic carbocycles. The molecular weight excluding hydrogens is 420 g/mol. The van der Waals surface area contributed by atoms with Crippen LogP contribution in [0.5, 0.6) is 0 Å². The predicted octanol–water partition coefficient (Wildman–Crippen LogP) is 5.87. The molecule has 1 saturated carbocycles. The fourth-order valence-corrected chi connectivity index (χ4v) is 3.99. The van der Waals surface area contributed by atoms with Gasteiger partial charge >= 0.3 is 6.09 Å². The van der Waals surface area contributed by atoms with E-state index in [4.69, 9.17) is 9.26 Å². The van der Waals surface area contributed by atoms with E-state index < -0.39 is 12.2 Å². The van der Waals surface area contributed by atoms with E-state index in [9.17, 15) is 9.59 Å². The molecule has 0 radical (unpaired) electrons. The molecule has 0 saturated heterocycles. The second-order valence-corrected chi connectivity index (χ2v) is 8.31. The van der Waals surface area contributed by atoms with E-state index in [1.165, 1.54) is 6.42 Å². The Hall–Kier alpha value is -3.68. The Balaban J connectivity index is 1.41. The molecule has 8 heteroatoms. The largest absolute Gasteiger partial charge is 0.441 e. The number of ether oxygens (including phenoxy) is 1. The summed E-state index contributed by atoms with van der Waals surface area (Å²) in [6.07, 6.45) is 5.81. The zero-order valence-corrected chi connectivity index (χ0v) is 18.8. The molecule has 2 N–H and O–H groups in total. The molecule has 2 aromatic heterocycles. The van der Waals surface area contributed by atoms with Gasteiger partial charge in [0.15, 0.2) is 0 Å². The second-order valence-electron chi connectivity index (χ2n) is 8.31. The second kappa shape index (κ2) is 10.3. The number of carbonyl (C=O) groups excluding carboxylic acids is 2. The van der Waals surface area contributed by atoms with Crippen LogP contribution < -0.4 is 10.6 Å². The van der Waals surface area contributed by atoms with E-state index in [-0.39, 0.29) is 11.8 Å². The Morgan fingerprint density at radius 3 is 2.52 bits per heavy atom. The molecule has 33 heavy (non-hydrogen) atoms. The van der Waals surface area contributed by atoms with Gasteiger partial charge in [-0.05, 0) is 44.4 Å². The number of aromatic nitrogens is 2. The Labute approximate surface area is 192 Å². The number of aryl methyl sites for hydroxylation is 1. The number of nitrogens with zero attached hydrogens (tertiary/aromatic N) is 2. The standard InChI is InChI=1S/C25H28N4O4/c1-16-22(28-25(31)32-17(2)18-9-5-3-6-10-18)23(33-29-16)21-14-13-20(15-26-21)27-24(30)19-11-7-4-8-12-19/h3,5-6,9-10,13-15,17,19H,4,7-8,11-12H2,1-2H3,(H,27,30)(H,28,31)/t17-/m0/s1. The summed E-state index contributed by atoms with van der Waals surface area (Å²) in [4.78, 5) is 29.3. The lowest BCUT2D eigenvalue weighted by Gasteiger charge is -2.20. The average Bonchev–Trinajstić information content (AvgIpc) is 3.20. The number of hydrogen-bond donors (Lipinski definition) is 2. The first kappa shape index (κ1) is 22.5. The summed E-state index contributed by atoms with van der Waals surface area (Å²) in [5.74, 6) is 0.426. The van der Waals surface area contributed by atoms with Crippen molar-refractivity contribution in [1.29, 1.82) is 0 Å². The molecule has 1 fully saturated rings. The first-order chi connectivity index (χ1) is 16.0. The number of anilines is 2. The lowest BCUT2D eigenvalue weighted by molar-refractivity contribution is -0.120. The lowest BCUT2D eigenvalue weighted by Crippen LogP contribution is -2.24. The third-order valence-electron chi connectivity index (χ3n) is 5.88. The molecule has 0 bridgehead atoms. The molecule has 2 heterocycles. The molecule has 0 aliphatic heterocycles. The van der Waals surface area contributed by atoms with Crippen molar-refractivity contribution >= 4 is 23.4 Å². The molecule has 1 atom stereocenters. The van der Waals surface area contributed by atoms with E-state index in [0.717, 1.165) is 31.2 Å². The summed E-state index contributed by atoms with van der Waals surface area (Å²) in [5.41, 5.74) is 2.90. The van der Waals surface area contributed by atoms with Gasteiger partial charge in [-0.25, -0.2) is 4.79 Å². The van der Waals surface area contributed by atoms with Crippen LogP contribution in [-0.4, -0.2) is 22.1 Å². The van der Waals surface area contributed by atoms with Crippen LogP contribution in [-0.2, 0) is 9.53 Å². The number of hydrogen-bond acceptors (Lipinski definition) is 6. The number of nitrogens with one attached hydrogen (secondary N) is 2. The number of carbonyl (C=O) groups is 2. The van der Waals surface area contributed by atoms with Crippen LogP contribution in [0.15, 0.2) is 53.2 Å². The summed E-state index contributed by atoms with van der Waals surface area (Å²) >= 11 is 0. The van der Waals surface area contributed by atoms with Gasteiger partial charge in [0.2, 0.25) is 11.7 Å². The lowest BCUT2D eigenvalue weighted by atomic mass is 9.88. The monoisotopic (exact) mass is 448 g/mol. The summed E-state index contributed by atoms with van der Waals surface area (Å²) in [6, 6.07) is 13.0. The number of rotatable bonds is 6. The summed E-state index contributed by atoms with van der Waals surface area (Å²) < 4.78 is 10.9. The first-order valence-corrected chi connectivity index (χ1v) is 11.3. The van der Waals surface area contributed by atoms with Crippen LogP contribution in [0.2, 0.25) is 0 Å². The zero-order chi connectivity index (χ0) is 23.2. The smallest absolute Gasteiger partial charge is 0.412 e. The van der Waals surface area contributed by atoms with Crippen molar-refractivity contribution in [2.45, 2.75) is 52.1 Å². The highest BCUT2D eigenvalue weighted by Crippen LogP contribution is 2.31. The maximum atomic E-state index is 12.5. The van der Waals surface area contributed by atoms with Crippen LogP contribution in [0.3, 0.4) is 0 Å². The van der Waals surface area contributed by atoms with Gasteiger partial charge in [-0.1, -0.05) is 54.8 Å². The Bertz CT molecular complexity index is 1090. The van der Waals surface area contributed by atoms with Gasteiger partial charge in [-0.15, -0.1) is 0 Å². The van der Waals surface area contributed by atoms with Crippen LogP contribution in [0.25, 0.3) is 11.5 Å². The maximum absolute atomic E-state index is 12.5. The summed E-state index contributed by atoms with van der Waals surface area (Å²) in [5, 5.41) is 9.62. The summed E-state index contributed by atoms with van der Waals surface area (Å²) in [7, 11) is 0. The van der Waals surface area contributed by atoms with Gasteiger partial charge in [0.25, 0.3) is 0 Å². The van der Waals surface area contributed by atoms with Crippen molar-refractivity contribution in [2.24, 2.45) is 5.92 Å². The van der Waals surface area contributed by atoms with Crippen LogP contribution in [0.4, 0.5) is 16.2 Å². The Morgan fingerprint density at radius 2 is 1.82 bits per heavy atom. The minimum Gasteiger partial charge on any atom is -0.441 e. The van der Waals surface area contributed by atoms with E-state index >= 15 is 0 Å². The third-order valence-corrected chi connectivity index (χ3v) is 5.88. The number of amides is 2. The van der Waals surface area contributed by atoms with Crippen LogP contribution >= 0.6 is 0 Å². The highest BCUT2D eigenvalue weighted by atomic mass is 16.6.